The van der Waals surface area contributed by atoms with Crippen LogP contribution in [0.5, 0.6) is 0 Å². The minimum absolute atomic E-state index is 0.0263. The molecule has 0 aromatic carbocycles. The van der Waals surface area contributed by atoms with Gasteiger partial charge in [-0.3, -0.25) is 9.69 Å². The molecule has 1 aliphatic heterocycles. The number of ether oxygens (including phenoxy) is 1. The molecule has 0 aliphatic carbocycles. The lowest BCUT2D eigenvalue weighted by molar-refractivity contribution is -0.131. The van der Waals surface area contributed by atoms with Crippen LogP contribution < -0.4 is 0 Å². The lowest BCUT2D eigenvalue weighted by Gasteiger charge is -2.31. The normalized spacial score (nSPS) is 26.1. The summed E-state index contributed by atoms with van der Waals surface area (Å²) in [5.74, 6) is 0.421. The number of rotatable bonds is 6. The average molecular weight is 241 g/mol. The van der Waals surface area contributed by atoms with Crippen molar-refractivity contribution in [1.29, 1.82) is 0 Å². The van der Waals surface area contributed by atoms with Crippen molar-refractivity contribution < 1.29 is 9.53 Å². The van der Waals surface area contributed by atoms with Crippen molar-refractivity contribution in [2.45, 2.75) is 65.6 Å². The maximum Gasteiger partial charge on any atom is 0.155 e. The monoisotopic (exact) mass is 241 g/mol. The van der Waals surface area contributed by atoms with Crippen molar-refractivity contribution >= 4 is 5.78 Å². The molecule has 100 valence electrons. The molecular weight excluding hydrogens is 214 g/mol. The number of carbonyl (C=O) groups excluding carboxylic acids is 1. The van der Waals surface area contributed by atoms with Gasteiger partial charge in [0.2, 0.25) is 0 Å². The SMILES string of the molecule is CCCO[C@H]1CCN(C(C)C)[C@@H]1C(=O)C(C)C. The van der Waals surface area contributed by atoms with Crippen molar-refractivity contribution in [3.8, 4) is 0 Å². The van der Waals surface area contributed by atoms with Gasteiger partial charge in [0, 0.05) is 25.1 Å². The van der Waals surface area contributed by atoms with E-state index in [4.69, 9.17) is 4.74 Å². The van der Waals surface area contributed by atoms with E-state index in [0.29, 0.717) is 11.8 Å². The fraction of sp³-hybridized carbons (Fsp3) is 0.929. The number of Topliss-reactive ketones (excluding diaryl/α,β-unsaturated/α-hetero) is 1. The minimum atomic E-state index is -0.0263. The number of carbonyl (C=O) groups is 1. The maximum atomic E-state index is 12.3. The molecule has 0 N–H and O–H groups in total. The van der Waals surface area contributed by atoms with Gasteiger partial charge in [0.05, 0.1) is 12.1 Å². The highest BCUT2D eigenvalue weighted by Crippen LogP contribution is 2.26. The van der Waals surface area contributed by atoms with Gasteiger partial charge >= 0.3 is 0 Å². The average Bonchev–Trinajstić information content (AvgIpc) is 2.68. The molecule has 0 aromatic rings. The van der Waals surface area contributed by atoms with Crippen LogP contribution in [-0.2, 0) is 9.53 Å². The Morgan fingerprint density at radius 2 is 2.00 bits per heavy atom. The first kappa shape index (κ1) is 14.7. The molecule has 0 aromatic heterocycles. The van der Waals surface area contributed by atoms with E-state index in [-0.39, 0.29) is 18.1 Å². The second-order valence-electron chi connectivity index (χ2n) is 5.53. The highest BCUT2D eigenvalue weighted by Gasteiger charge is 2.41. The molecule has 2 atom stereocenters. The van der Waals surface area contributed by atoms with Gasteiger partial charge in [-0.05, 0) is 26.7 Å². The van der Waals surface area contributed by atoms with Crippen LogP contribution in [0.2, 0.25) is 0 Å². The topological polar surface area (TPSA) is 29.5 Å². The molecule has 1 saturated heterocycles. The van der Waals surface area contributed by atoms with Crippen molar-refractivity contribution in [3.05, 3.63) is 0 Å². The highest BCUT2D eigenvalue weighted by atomic mass is 16.5. The van der Waals surface area contributed by atoms with Gasteiger partial charge in [0.25, 0.3) is 0 Å². The molecule has 0 unspecified atom stereocenters. The van der Waals surface area contributed by atoms with Crippen molar-refractivity contribution in [2.24, 2.45) is 5.92 Å². The number of likely N-dealkylation sites (tertiary alicyclic amines) is 1. The maximum absolute atomic E-state index is 12.3. The summed E-state index contributed by atoms with van der Waals surface area (Å²) in [6.45, 7) is 12.1. The molecule has 3 heteroatoms. The predicted octanol–water partition coefficient (Wildman–Crippen LogP) is 2.49. The van der Waals surface area contributed by atoms with Gasteiger partial charge in [0.1, 0.15) is 0 Å². The zero-order chi connectivity index (χ0) is 13.0. The Morgan fingerprint density at radius 1 is 1.35 bits per heavy atom. The number of ketones is 1. The van der Waals surface area contributed by atoms with E-state index >= 15 is 0 Å². The summed E-state index contributed by atoms with van der Waals surface area (Å²) in [6.07, 6.45) is 2.11. The van der Waals surface area contributed by atoms with E-state index in [1.807, 2.05) is 13.8 Å². The molecule has 0 amide bonds. The first-order chi connectivity index (χ1) is 7.99. The summed E-state index contributed by atoms with van der Waals surface area (Å²) in [6, 6.07) is 0.388. The lowest BCUT2D eigenvalue weighted by atomic mass is 9.97. The second kappa shape index (κ2) is 6.50. The zero-order valence-electron chi connectivity index (χ0n) is 11.9. The van der Waals surface area contributed by atoms with E-state index in [9.17, 15) is 4.79 Å². The van der Waals surface area contributed by atoms with Crippen LogP contribution in [0.25, 0.3) is 0 Å². The number of hydrogen-bond donors (Lipinski definition) is 0. The van der Waals surface area contributed by atoms with Crippen LogP contribution in [0.3, 0.4) is 0 Å². The summed E-state index contributed by atoms with van der Waals surface area (Å²) in [5.41, 5.74) is 0. The van der Waals surface area contributed by atoms with Crippen LogP contribution in [0.1, 0.15) is 47.5 Å². The van der Waals surface area contributed by atoms with Crippen molar-refractivity contribution in [2.75, 3.05) is 13.2 Å². The quantitative estimate of drug-likeness (QED) is 0.715. The third-order valence-electron chi connectivity index (χ3n) is 3.44. The molecule has 0 radical (unpaired) electrons. The molecule has 0 saturated carbocycles. The van der Waals surface area contributed by atoms with E-state index in [1.54, 1.807) is 0 Å². The van der Waals surface area contributed by atoms with E-state index in [2.05, 4.69) is 25.7 Å². The Kier molecular flexibility index (Phi) is 5.60. The van der Waals surface area contributed by atoms with Crippen LogP contribution >= 0.6 is 0 Å². The smallest absolute Gasteiger partial charge is 0.155 e. The third-order valence-corrected chi connectivity index (χ3v) is 3.44. The Hall–Kier alpha value is -0.410. The Morgan fingerprint density at radius 3 is 2.47 bits per heavy atom. The summed E-state index contributed by atoms with van der Waals surface area (Å²) < 4.78 is 5.85. The van der Waals surface area contributed by atoms with Crippen molar-refractivity contribution in [1.82, 2.24) is 4.90 Å². The largest absolute Gasteiger partial charge is 0.376 e. The highest BCUT2D eigenvalue weighted by molar-refractivity contribution is 5.86. The summed E-state index contributed by atoms with van der Waals surface area (Å²) in [7, 11) is 0. The van der Waals surface area contributed by atoms with Gasteiger partial charge in [-0.1, -0.05) is 20.8 Å². The first-order valence-electron chi connectivity index (χ1n) is 6.90. The van der Waals surface area contributed by atoms with E-state index < -0.39 is 0 Å². The predicted molar refractivity (Wildman–Crippen MR) is 70.1 cm³/mol. The lowest BCUT2D eigenvalue weighted by Crippen LogP contribution is -2.47. The third kappa shape index (κ3) is 3.52. The standard InChI is InChI=1S/C14H27NO2/c1-6-9-17-12-7-8-15(11(4)5)13(12)14(16)10(2)3/h10-13H,6-9H2,1-5H3/t12-,13-/m0/s1. The van der Waals surface area contributed by atoms with E-state index in [1.165, 1.54) is 0 Å². The van der Waals surface area contributed by atoms with Gasteiger partial charge in [-0.25, -0.2) is 0 Å². The summed E-state index contributed by atoms with van der Waals surface area (Å²) >= 11 is 0. The van der Waals surface area contributed by atoms with Crippen molar-refractivity contribution in [3.63, 3.8) is 0 Å². The number of hydrogen-bond acceptors (Lipinski definition) is 3. The van der Waals surface area contributed by atoms with Crippen LogP contribution in [0, 0.1) is 5.92 Å². The van der Waals surface area contributed by atoms with Crippen LogP contribution in [-0.4, -0.2) is 42.0 Å². The summed E-state index contributed by atoms with van der Waals surface area (Å²) in [4.78, 5) is 14.6. The Balaban J connectivity index is 2.75. The fourth-order valence-electron chi connectivity index (χ4n) is 2.50. The van der Waals surface area contributed by atoms with Gasteiger partial charge < -0.3 is 4.74 Å². The fourth-order valence-corrected chi connectivity index (χ4v) is 2.50. The van der Waals surface area contributed by atoms with Gasteiger partial charge in [-0.15, -0.1) is 0 Å². The molecule has 17 heavy (non-hydrogen) atoms. The molecule has 0 bridgehead atoms. The Bertz CT molecular complexity index is 251. The van der Waals surface area contributed by atoms with Crippen LogP contribution in [0.15, 0.2) is 0 Å². The molecule has 1 fully saturated rings. The number of nitrogens with zero attached hydrogens (tertiary/aromatic N) is 1. The van der Waals surface area contributed by atoms with Gasteiger partial charge in [0.15, 0.2) is 5.78 Å². The first-order valence-corrected chi connectivity index (χ1v) is 6.90. The van der Waals surface area contributed by atoms with Crippen LogP contribution in [0.4, 0.5) is 0 Å². The zero-order valence-corrected chi connectivity index (χ0v) is 11.9. The minimum Gasteiger partial charge on any atom is -0.376 e. The Labute approximate surface area is 106 Å². The molecule has 1 aliphatic rings. The molecule has 1 heterocycles. The molecule has 3 nitrogen and oxygen atoms in total. The summed E-state index contributed by atoms with van der Waals surface area (Å²) in [5, 5.41) is 0. The molecule has 0 spiro atoms. The molecule has 1 rings (SSSR count). The molecular formula is C14H27NO2. The second-order valence-corrected chi connectivity index (χ2v) is 5.53. The van der Waals surface area contributed by atoms with Gasteiger partial charge in [-0.2, -0.15) is 0 Å². The van der Waals surface area contributed by atoms with E-state index in [0.717, 1.165) is 26.0 Å².